The summed E-state index contributed by atoms with van der Waals surface area (Å²) < 4.78 is 2.44. The lowest BCUT2D eigenvalue weighted by Gasteiger charge is -2.26. The zero-order valence-electron chi connectivity index (χ0n) is 29.5. The molecule has 11 rings (SSSR count). The number of hydrogen-bond donors (Lipinski definition) is 0. The molecule has 252 valence electrons. The monoisotopic (exact) mass is 686 g/mol. The fraction of sp³-hybridized carbons (Fsp3) is 0. The van der Waals surface area contributed by atoms with E-state index in [9.17, 15) is 0 Å². The smallest absolute Gasteiger partial charge is 0.0547 e. The van der Waals surface area contributed by atoms with Crippen LogP contribution in [0.3, 0.4) is 0 Å². The van der Waals surface area contributed by atoms with Crippen molar-refractivity contribution in [2.45, 2.75) is 0 Å². The highest BCUT2D eigenvalue weighted by molar-refractivity contribution is 6.18. The molecule has 0 amide bonds. The van der Waals surface area contributed by atoms with Crippen LogP contribution in [0.1, 0.15) is 0 Å². The average molecular weight is 687 g/mol. The fourth-order valence-corrected chi connectivity index (χ4v) is 8.69. The van der Waals surface area contributed by atoms with Gasteiger partial charge >= 0.3 is 0 Å². The minimum absolute atomic E-state index is 1.10. The van der Waals surface area contributed by atoms with Crippen LogP contribution in [0.2, 0.25) is 0 Å². The molecule has 0 atom stereocenters. The van der Waals surface area contributed by atoms with E-state index in [2.05, 4.69) is 216 Å². The summed E-state index contributed by atoms with van der Waals surface area (Å²) in [5, 5.41) is 5.09. The number of benzene rings is 9. The second-order valence-corrected chi connectivity index (χ2v) is 14.1. The van der Waals surface area contributed by atoms with Crippen molar-refractivity contribution in [2.75, 3.05) is 4.90 Å². The Kier molecular flexibility index (Phi) is 6.90. The van der Waals surface area contributed by atoms with Gasteiger partial charge in [0.1, 0.15) is 0 Å². The van der Waals surface area contributed by atoms with Gasteiger partial charge in [-0.3, -0.25) is 0 Å². The lowest BCUT2D eigenvalue weighted by Crippen LogP contribution is -2.10. The van der Waals surface area contributed by atoms with Crippen LogP contribution in [0.4, 0.5) is 17.1 Å². The van der Waals surface area contributed by atoms with Crippen molar-refractivity contribution < 1.29 is 0 Å². The number of rotatable bonds is 5. The van der Waals surface area contributed by atoms with Crippen LogP contribution in [0, 0.1) is 0 Å². The van der Waals surface area contributed by atoms with Gasteiger partial charge in [-0.1, -0.05) is 140 Å². The first-order valence-corrected chi connectivity index (χ1v) is 18.6. The van der Waals surface area contributed by atoms with E-state index >= 15 is 0 Å². The Hall–Kier alpha value is -7.16. The Morgan fingerprint density at radius 3 is 1.56 bits per heavy atom. The van der Waals surface area contributed by atoms with E-state index in [1.54, 1.807) is 0 Å². The summed E-state index contributed by atoms with van der Waals surface area (Å²) in [5.74, 6) is 0. The summed E-state index contributed by atoms with van der Waals surface area (Å²) in [7, 11) is 0. The van der Waals surface area contributed by atoms with Crippen molar-refractivity contribution in [3.63, 3.8) is 0 Å². The molecule has 1 aliphatic rings. The molecule has 10 aromatic rings. The maximum Gasteiger partial charge on any atom is 0.0547 e. The molecule has 1 aliphatic carbocycles. The highest BCUT2D eigenvalue weighted by Gasteiger charge is 2.24. The van der Waals surface area contributed by atoms with Crippen molar-refractivity contribution in [1.29, 1.82) is 0 Å². The van der Waals surface area contributed by atoms with Crippen LogP contribution in [-0.2, 0) is 0 Å². The van der Waals surface area contributed by atoms with Gasteiger partial charge in [0.05, 0.1) is 11.0 Å². The van der Waals surface area contributed by atoms with E-state index in [4.69, 9.17) is 0 Å². The Morgan fingerprint density at radius 1 is 0.315 bits per heavy atom. The molecule has 0 saturated heterocycles. The average Bonchev–Trinajstić information content (AvgIpc) is 3.51. The summed E-state index contributed by atoms with van der Waals surface area (Å²) in [4.78, 5) is 2.33. The van der Waals surface area contributed by atoms with E-state index in [-0.39, 0.29) is 0 Å². The van der Waals surface area contributed by atoms with Crippen LogP contribution < -0.4 is 4.90 Å². The normalized spacial score (nSPS) is 11.7. The van der Waals surface area contributed by atoms with Gasteiger partial charge in [0.25, 0.3) is 0 Å². The number of para-hydroxylation sites is 2. The third-order valence-corrected chi connectivity index (χ3v) is 11.1. The highest BCUT2D eigenvalue weighted by Crippen LogP contribution is 2.50. The molecule has 0 spiro atoms. The molecular formula is C52H34N2. The topological polar surface area (TPSA) is 8.17 Å². The molecule has 54 heavy (non-hydrogen) atoms. The van der Waals surface area contributed by atoms with E-state index in [0.29, 0.717) is 0 Å². The van der Waals surface area contributed by atoms with E-state index in [1.807, 2.05) is 0 Å². The van der Waals surface area contributed by atoms with Gasteiger partial charge < -0.3 is 9.47 Å². The van der Waals surface area contributed by atoms with Crippen molar-refractivity contribution in [3.05, 3.63) is 206 Å². The first kappa shape index (κ1) is 30.5. The van der Waals surface area contributed by atoms with Crippen LogP contribution in [0.15, 0.2) is 206 Å². The van der Waals surface area contributed by atoms with Crippen molar-refractivity contribution in [2.24, 2.45) is 0 Å². The summed E-state index contributed by atoms with van der Waals surface area (Å²) in [6.45, 7) is 0. The molecule has 0 radical (unpaired) electrons. The molecule has 0 fully saturated rings. The quantitative estimate of drug-likeness (QED) is 0.175. The van der Waals surface area contributed by atoms with E-state index < -0.39 is 0 Å². The summed E-state index contributed by atoms with van der Waals surface area (Å²) in [6, 6.07) is 75.2. The van der Waals surface area contributed by atoms with Crippen LogP contribution in [0.5, 0.6) is 0 Å². The van der Waals surface area contributed by atoms with Gasteiger partial charge in [0, 0.05) is 33.5 Å². The molecule has 0 N–H and O–H groups in total. The SMILES string of the molecule is c1ccc(-c2ccc(N(c3ccccc3)c3ccc(-n4c5ccccc5c5cc6c(cc54)-c4cccc5cccc(c45)-c4ccccc4-6)cc3)cc2)cc1. The Bertz CT molecular complexity index is 3010. The van der Waals surface area contributed by atoms with Gasteiger partial charge in [0.15, 0.2) is 0 Å². The molecule has 0 saturated carbocycles. The fourth-order valence-electron chi connectivity index (χ4n) is 8.69. The Balaban J connectivity index is 1.09. The third-order valence-electron chi connectivity index (χ3n) is 11.1. The number of fused-ring (bicyclic) bond motifs is 8. The number of hydrogen-bond acceptors (Lipinski definition) is 1. The highest BCUT2D eigenvalue weighted by atomic mass is 15.1. The summed E-state index contributed by atoms with van der Waals surface area (Å²) in [5.41, 5.74) is 17.0. The van der Waals surface area contributed by atoms with Gasteiger partial charge in [-0.25, -0.2) is 0 Å². The first-order chi connectivity index (χ1) is 26.8. The second-order valence-electron chi connectivity index (χ2n) is 14.1. The molecule has 2 heteroatoms. The zero-order valence-corrected chi connectivity index (χ0v) is 29.5. The lowest BCUT2D eigenvalue weighted by atomic mass is 9.92. The third kappa shape index (κ3) is 4.74. The standard InChI is InChI=1S/C52H34N2/c1-3-13-35(14-4-1)36-25-27-39(28-26-36)53(38-17-5-2-6-18-38)40-29-31-41(32-30-40)54-50-24-10-9-21-44(50)49-33-47-43-20-8-7-19-42(43)45-22-11-15-37-16-12-23-46(52(37)45)48(47)34-51(49)54/h1-34H. The summed E-state index contributed by atoms with van der Waals surface area (Å²) in [6.07, 6.45) is 0. The number of nitrogens with zero attached hydrogens (tertiary/aromatic N) is 2. The molecule has 2 nitrogen and oxygen atoms in total. The molecule has 0 unspecified atom stereocenters. The lowest BCUT2D eigenvalue weighted by molar-refractivity contribution is 1.17. The Labute approximate surface area is 314 Å². The van der Waals surface area contributed by atoms with Crippen LogP contribution >= 0.6 is 0 Å². The molecule has 0 bridgehead atoms. The molecular weight excluding hydrogens is 653 g/mol. The maximum atomic E-state index is 2.44. The van der Waals surface area contributed by atoms with Gasteiger partial charge in [0.2, 0.25) is 0 Å². The predicted molar refractivity (Wildman–Crippen MR) is 228 cm³/mol. The number of anilines is 3. The van der Waals surface area contributed by atoms with Gasteiger partial charge in [-0.05, 0) is 122 Å². The predicted octanol–water partition coefficient (Wildman–Crippen LogP) is 14.4. The van der Waals surface area contributed by atoms with Crippen molar-refractivity contribution in [1.82, 2.24) is 4.57 Å². The molecule has 1 heterocycles. The van der Waals surface area contributed by atoms with Crippen molar-refractivity contribution in [3.8, 4) is 50.2 Å². The maximum absolute atomic E-state index is 2.44. The van der Waals surface area contributed by atoms with Gasteiger partial charge in [-0.15, -0.1) is 0 Å². The Morgan fingerprint density at radius 2 is 0.833 bits per heavy atom. The molecule has 0 aliphatic heterocycles. The minimum atomic E-state index is 1.10. The van der Waals surface area contributed by atoms with E-state index in [0.717, 1.165) is 22.7 Å². The van der Waals surface area contributed by atoms with Crippen LogP contribution in [-0.4, -0.2) is 4.57 Å². The number of aromatic nitrogens is 1. The van der Waals surface area contributed by atoms with Gasteiger partial charge in [-0.2, -0.15) is 0 Å². The molecule has 9 aromatic carbocycles. The largest absolute Gasteiger partial charge is 0.311 e. The first-order valence-electron chi connectivity index (χ1n) is 18.6. The minimum Gasteiger partial charge on any atom is -0.311 e. The molecule has 1 aromatic heterocycles. The second kappa shape index (κ2) is 12.2. The summed E-state index contributed by atoms with van der Waals surface area (Å²) >= 11 is 0. The van der Waals surface area contributed by atoms with Crippen molar-refractivity contribution >= 4 is 49.6 Å². The van der Waals surface area contributed by atoms with E-state index in [1.165, 1.54) is 77.1 Å². The van der Waals surface area contributed by atoms with Crippen LogP contribution in [0.25, 0.3) is 82.8 Å². The zero-order chi connectivity index (χ0) is 35.6.